The molecule has 5 heteroatoms. The summed E-state index contributed by atoms with van der Waals surface area (Å²) in [7, 11) is 1.24. The molecule has 1 rings (SSSR count). The molecule has 0 heterocycles. The van der Waals surface area contributed by atoms with Gasteiger partial charge in [-0.3, -0.25) is 9.59 Å². The van der Waals surface area contributed by atoms with Gasteiger partial charge in [-0.15, -0.1) is 0 Å². The van der Waals surface area contributed by atoms with Crippen molar-refractivity contribution in [1.29, 1.82) is 0 Å². The van der Waals surface area contributed by atoms with Gasteiger partial charge < -0.3 is 9.84 Å². The van der Waals surface area contributed by atoms with Crippen LogP contribution in [0.2, 0.25) is 0 Å². The van der Waals surface area contributed by atoms with E-state index in [1.807, 2.05) is 0 Å². The maximum atomic E-state index is 11.1. The molecule has 86 valence electrons. The van der Waals surface area contributed by atoms with E-state index in [2.05, 4.69) is 20.7 Å². The summed E-state index contributed by atoms with van der Waals surface area (Å²) in [6.07, 6.45) is -0.164. The number of esters is 1. The van der Waals surface area contributed by atoms with Crippen LogP contribution in [0.25, 0.3) is 0 Å². The molecule has 0 bridgehead atoms. The Morgan fingerprint density at radius 3 is 2.69 bits per heavy atom. The molecule has 0 aliphatic carbocycles. The van der Waals surface area contributed by atoms with Gasteiger partial charge in [0.2, 0.25) is 0 Å². The lowest BCUT2D eigenvalue weighted by molar-refractivity contribution is -0.147. The molecule has 0 aromatic heterocycles. The van der Waals surface area contributed by atoms with E-state index < -0.39 is 17.9 Å². The molecule has 4 nitrogen and oxygen atoms in total. The van der Waals surface area contributed by atoms with E-state index in [0.29, 0.717) is 5.56 Å². The second kappa shape index (κ2) is 5.65. The molecule has 0 spiro atoms. The van der Waals surface area contributed by atoms with E-state index in [-0.39, 0.29) is 6.42 Å². The van der Waals surface area contributed by atoms with Gasteiger partial charge in [-0.05, 0) is 17.7 Å². The second-order valence-electron chi connectivity index (χ2n) is 3.23. The Kier molecular flexibility index (Phi) is 4.49. The number of hydrogen-bond acceptors (Lipinski definition) is 3. The van der Waals surface area contributed by atoms with Crippen LogP contribution < -0.4 is 0 Å². The van der Waals surface area contributed by atoms with Crippen molar-refractivity contribution < 1.29 is 19.4 Å². The molecular weight excluding hydrogens is 276 g/mol. The summed E-state index contributed by atoms with van der Waals surface area (Å²) in [6, 6.07) is 6.88. The molecule has 0 saturated heterocycles. The molecule has 16 heavy (non-hydrogen) atoms. The van der Waals surface area contributed by atoms with Crippen LogP contribution in [-0.4, -0.2) is 24.2 Å². The normalized spacial score (nSPS) is 11.9. The topological polar surface area (TPSA) is 63.6 Å². The SMILES string of the molecule is COC(=O)CC(C(=O)O)c1cccc(Br)c1. The Morgan fingerprint density at radius 1 is 1.50 bits per heavy atom. The number of carbonyl (C=O) groups excluding carboxylic acids is 1. The number of carboxylic acids is 1. The Hall–Kier alpha value is -1.36. The van der Waals surface area contributed by atoms with Crippen molar-refractivity contribution in [2.24, 2.45) is 0 Å². The molecule has 0 radical (unpaired) electrons. The predicted octanol–water partition coefficient (Wildman–Crippen LogP) is 2.18. The first-order chi connectivity index (χ1) is 7.54. The molecule has 1 aromatic carbocycles. The number of hydrogen-bond donors (Lipinski definition) is 1. The van der Waals surface area contributed by atoms with Gasteiger partial charge in [0.15, 0.2) is 0 Å². The molecule has 0 aliphatic heterocycles. The maximum Gasteiger partial charge on any atom is 0.311 e. The van der Waals surface area contributed by atoms with Gasteiger partial charge in [0.1, 0.15) is 0 Å². The fourth-order valence-corrected chi connectivity index (χ4v) is 1.74. The highest BCUT2D eigenvalue weighted by molar-refractivity contribution is 9.10. The summed E-state index contributed by atoms with van der Waals surface area (Å²) in [4.78, 5) is 22.1. The minimum Gasteiger partial charge on any atom is -0.481 e. The maximum absolute atomic E-state index is 11.1. The molecule has 1 unspecified atom stereocenters. The molecule has 0 aliphatic rings. The number of carboxylic acid groups (broad SMARTS) is 1. The minimum absolute atomic E-state index is 0.164. The standard InChI is InChI=1S/C11H11BrO4/c1-16-10(13)6-9(11(14)15)7-3-2-4-8(12)5-7/h2-5,9H,6H2,1H3,(H,14,15). The van der Waals surface area contributed by atoms with Gasteiger partial charge in [0.05, 0.1) is 19.4 Å². The van der Waals surface area contributed by atoms with Crippen LogP contribution in [-0.2, 0) is 14.3 Å². The van der Waals surface area contributed by atoms with Crippen molar-refractivity contribution in [3.05, 3.63) is 34.3 Å². The highest BCUT2D eigenvalue weighted by atomic mass is 79.9. The van der Waals surface area contributed by atoms with Crippen molar-refractivity contribution in [3.63, 3.8) is 0 Å². The lowest BCUT2D eigenvalue weighted by Gasteiger charge is -2.11. The average molecular weight is 287 g/mol. The summed E-state index contributed by atoms with van der Waals surface area (Å²) >= 11 is 3.25. The molecule has 0 saturated carbocycles. The number of ether oxygens (including phenoxy) is 1. The Bertz CT molecular complexity index is 403. The Balaban J connectivity index is 2.94. The fourth-order valence-electron chi connectivity index (χ4n) is 1.32. The van der Waals surface area contributed by atoms with E-state index in [1.54, 1.807) is 24.3 Å². The quantitative estimate of drug-likeness (QED) is 0.862. The summed E-state index contributed by atoms with van der Waals surface area (Å²) in [5, 5.41) is 9.04. The summed E-state index contributed by atoms with van der Waals surface area (Å²) < 4.78 is 5.25. The number of carbonyl (C=O) groups is 2. The van der Waals surface area contributed by atoms with Crippen LogP contribution in [0.15, 0.2) is 28.7 Å². The van der Waals surface area contributed by atoms with Crippen LogP contribution in [0.3, 0.4) is 0 Å². The lowest BCUT2D eigenvalue weighted by atomic mass is 9.96. The minimum atomic E-state index is -1.04. The molecule has 0 amide bonds. The van der Waals surface area contributed by atoms with Gasteiger partial charge in [-0.25, -0.2) is 0 Å². The Morgan fingerprint density at radius 2 is 2.19 bits per heavy atom. The highest BCUT2D eigenvalue weighted by Crippen LogP contribution is 2.23. The zero-order valence-corrected chi connectivity index (χ0v) is 10.2. The van der Waals surface area contributed by atoms with Gasteiger partial charge in [-0.2, -0.15) is 0 Å². The van der Waals surface area contributed by atoms with Gasteiger partial charge in [0, 0.05) is 4.47 Å². The predicted molar refractivity (Wildman–Crippen MR) is 61.2 cm³/mol. The smallest absolute Gasteiger partial charge is 0.311 e. The average Bonchev–Trinajstić information content (AvgIpc) is 2.25. The number of benzene rings is 1. The van der Waals surface area contributed by atoms with Crippen LogP contribution >= 0.6 is 15.9 Å². The number of halogens is 1. The van der Waals surface area contributed by atoms with E-state index >= 15 is 0 Å². The van der Waals surface area contributed by atoms with Crippen molar-refractivity contribution in [3.8, 4) is 0 Å². The van der Waals surface area contributed by atoms with Crippen molar-refractivity contribution in [1.82, 2.24) is 0 Å². The second-order valence-corrected chi connectivity index (χ2v) is 4.14. The summed E-state index contributed by atoms with van der Waals surface area (Å²) in [5.41, 5.74) is 0.576. The zero-order valence-electron chi connectivity index (χ0n) is 8.64. The zero-order chi connectivity index (χ0) is 12.1. The molecule has 1 aromatic rings. The number of methoxy groups -OCH3 is 1. The Labute approximate surface area is 101 Å². The third kappa shape index (κ3) is 3.34. The number of aliphatic carboxylic acids is 1. The first-order valence-corrected chi connectivity index (χ1v) is 5.39. The van der Waals surface area contributed by atoms with Gasteiger partial charge >= 0.3 is 11.9 Å². The first kappa shape index (κ1) is 12.7. The molecular formula is C11H11BrO4. The molecule has 0 fully saturated rings. The third-order valence-electron chi connectivity index (χ3n) is 2.15. The molecule has 1 N–H and O–H groups in total. The van der Waals surface area contributed by atoms with Crippen molar-refractivity contribution in [2.75, 3.05) is 7.11 Å². The third-order valence-corrected chi connectivity index (χ3v) is 2.64. The monoisotopic (exact) mass is 286 g/mol. The largest absolute Gasteiger partial charge is 0.481 e. The summed E-state index contributed by atoms with van der Waals surface area (Å²) in [6.45, 7) is 0. The van der Waals surface area contributed by atoms with Crippen molar-refractivity contribution >= 4 is 27.9 Å². The van der Waals surface area contributed by atoms with Crippen LogP contribution in [0.4, 0.5) is 0 Å². The van der Waals surface area contributed by atoms with Crippen LogP contribution in [0.1, 0.15) is 17.9 Å². The fraction of sp³-hybridized carbons (Fsp3) is 0.273. The van der Waals surface area contributed by atoms with Gasteiger partial charge in [0.25, 0.3) is 0 Å². The first-order valence-electron chi connectivity index (χ1n) is 4.59. The van der Waals surface area contributed by atoms with E-state index in [1.165, 1.54) is 7.11 Å². The lowest BCUT2D eigenvalue weighted by Crippen LogP contribution is -2.16. The van der Waals surface area contributed by atoms with Crippen LogP contribution in [0, 0.1) is 0 Å². The van der Waals surface area contributed by atoms with Crippen LogP contribution in [0.5, 0.6) is 0 Å². The van der Waals surface area contributed by atoms with Crippen molar-refractivity contribution in [2.45, 2.75) is 12.3 Å². The molecule has 1 atom stereocenters. The van der Waals surface area contributed by atoms with Gasteiger partial charge in [-0.1, -0.05) is 28.1 Å². The number of rotatable bonds is 4. The van der Waals surface area contributed by atoms with E-state index in [4.69, 9.17) is 5.11 Å². The van der Waals surface area contributed by atoms with E-state index in [9.17, 15) is 9.59 Å². The van der Waals surface area contributed by atoms with E-state index in [0.717, 1.165) is 4.47 Å². The highest BCUT2D eigenvalue weighted by Gasteiger charge is 2.23. The summed E-state index contributed by atoms with van der Waals surface area (Å²) in [5.74, 6) is -2.44.